The molecule has 2 aromatic carbocycles. The Balaban J connectivity index is 1.75. The number of nitro groups is 1. The Morgan fingerprint density at radius 1 is 1.15 bits per heavy atom. The lowest BCUT2D eigenvalue weighted by Crippen LogP contribution is -2.34. The summed E-state index contributed by atoms with van der Waals surface area (Å²) >= 11 is 0. The topological polar surface area (TPSA) is 85.8 Å². The minimum Gasteiger partial charge on any atom is -0.483 e. The Bertz CT molecular complexity index is 920. The van der Waals surface area contributed by atoms with Crippen molar-refractivity contribution >= 4 is 17.3 Å². The average Bonchev–Trinajstić information content (AvgIpc) is 3.18. The number of non-ortho nitro benzene ring substituents is 1. The molecule has 3 rings (SSSR count). The van der Waals surface area contributed by atoms with Gasteiger partial charge in [-0.15, -0.1) is 0 Å². The number of carbonyl (C=O) groups is 1. The van der Waals surface area contributed by atoms with Crippen LogP contribution in [0, 0.1) is 17.0 Å². The Hall–Kier alpha value is -3.61. The standard InChI is InChI=1S/C20H18N2O5/c1-15-7-9-16(10-8-15)21(13-19-6-3-11-26-19)20(23)14-27-18-5-2-4-17(12-18)22(24)25/h2-12H,13-14H2,1H3. The maximum Gasteiger partial charge on any atom is 0.273 e. The maximum absolute atomic E-state index is 12.8. The Labute approximate surface area is 155 Å². The summed E-state index contributed by atoms with van der Waals surface area (Å²) in [5.74, 6) is 0.612. The van der Waals surface area contributed by atoms with E-state index in [1.165, 1.54) is 18.2 Å². The van der Waals surface area contributed by atoms with Gasteiger partial charge in [-0.3, -0.25) is 14.9 Å². The largest absolute Gasteiger partial charge is 0.483 e. The van der Waals surface area contributed by atoms with Gasteiger partial charge in [-0.2, -0.15) is 0 Å². The number of ether oxygens (including phenoxy) is 1. The van der Waals surface area contributed by atoms with Crippen molar-refractivity contribution in [1.29, 1.82) is 0 Å². The first-order chi connectivity index (χ1) is 13.0. The van der Waals surface area contributed by atoms with Crippen molar-refractivity contribution in [1.82, 2.24) is 0 Å². The number of amides is 1. The quantitative estimate of drug-likeness (QED) is 0.464. The molecule has 0 unspecified atom stereocenters. The third-order valence-corrected chi connectivity index (χ3v) is 3.93. The average molecular weight is 366 g/mol. The Morgan fingerprint density at radius 2 is 1.93 bits per heavy atom. The number of nitro benzene ring substituents is 1. The Morgan fingerprint density at radius 3 is 2.59 bits per heavy atom. The molecule has 138 valence electrons. The highest BCUT2D eigenvalue weighted by atomic mass is 16.6. The van der Waals surface area contributed by atoms with Gasteiger partial charge in [-0.05, 0) is 37.3 Å². The minimum atomic E-state index is -0.510. The normalized spacial score (nSPS) is 10.4. The molecule has 7 nitrogen and oxygen atoms in total. The van der Waals surface area contributed by atoms with Crippen LogP contribution in [0.5, 0.6) is 5.75 Å². The maximum atomic E-state index is 12.8. The van der Waals surface area contributed by atoms with E-state index in [4.69, 9.17) is 9.15 Å². The fourth-order valence-corrected chi connectivity index (χ4v) is 2.52. The molecule has 0 aliphatic carbocycles. The highest BCUT2D eigenvalue weighted by molar-refractivity contribution is 5.94. The zero-order chi connectivity index (χ0) is 19.2. The molecule has 27 heavy (non-hydrogen) atoms. The van der Waals surface area contributed by atoms with Gasteiger partial charge in [0.1, 0.15) is 11.5 Å². The number of anilines is 1. The monoisotopic (exact) mass is 366 g/mol. The SMILES string of the molecule is Cc1ccc(N(Cc2ccco2)C(=O)COc2cccc([N+](=O)[O-])c2)cc1. The van der Waals surface area contributed by atoms with Crippen molar-refractivity contribution in [2.45, 2.75) is 13.5 Å². The van der Waals surface area contributed by atoms with Crippen molar-refractivity contribution in [2.24, 2.45) is 0 Å². The highest BCUT2D eigenvalue weighted by Gasteiger charge is 2.18. The van der Waals surface area contributed by atoms with Crippen LogP contribution in [0.25, 0.3) is 0 Å². The predicted molar refractivity (Wildman–Crippen MR) is 99.7 cm³/mol. The fourth-order valence-electron chi connectivity index (χ4n) is 2.52. The van der Waals surface area contributed by atoms with E-state index in [0.29, 0.717) is 11.4 Å². The molecule has 0 aliphatic heterocycles. The molecule has 0 spiro atoms. The van der Waals surface area contributed by atoms with Crippen LogP contribution in [0.3, 0.4) is 0 Å². The number of rotatable bonds is 7. The van der Waals surface area contributed by atoms with Crippen LogP contribution in [0.2, 0.25) is 0 Å². The molecule has 0 saturated heterocycles. The van der Waals surface area contributed by atoms with Gasteiger partial charge in [-0.1, -0.05) is 23.8 Å². The number of furan rings is 1. The summed E-state index contributed by atoms with van der Waals surface area (Å²) in [5.41, 5.74) is 1.70. The Kier molecular flexibility index (Phi) is 5.51. The minimum absolute atomic E-state index is 0.0917. The molecule has 0 bridgehead atoms. The molecule has 0 N–H and O–H groups in total. The number of hydrogen-bond acceptors (Lipinski definition) is 5. The lowest BCUT2D eigenvalue weighted by Gasteiger charge is -2.22. The van der Waals surface area contributed by atoms with Gasteiger partial charge in [0.15, 0.2) is 6.61 Å². The number of carbonyl (C=O) groups excluding carboxylic acids is 1. The van der Waals surface area contributed by atoms with Crippen molar-refractivity contribution in [3.05, 3.63) is 88.4 Å². The van der Waals surface area contributed by atoms with Gasteiger partial charge in [0, 0.05) is 11.8 Å². The van der Waals surface area contributed by atoms with E-state index in [1.807, 2.05) is 31.2 Å². The van der Waals surface area contributed by atoms with Gasteiger partial charge >= 0.3 is 0 Å². The van der Waals surface area contributed by atoms with Crippen LogP contribution in [-0.2, 0) is 11.3 Å². The van der Waals surface area contributed by atoms with E-state index >= 15 is 0 Å². The third-order valence-electron chi connectivity index (χ3n) is 3.93. The number of aryl methyl sites for hydroxylation is 1. The molecular weight excluding hydrogens is 348 g/mol. The molecule has 0 saturated carbocycles. The van der Waals surface area contributed by atoms with E-state index in [-0.39, 0.29) is 30.5 Å². The van der Waals surface area contributed by atoms with E-state index in [0.717, 1.165) is 5.56 Å². The fraction of sp³-hybridized carbons (Fsp3) is 0.150. The summed E-state index contributed by atoms with van der Waals surface area (Å²) < 4.78 is 10.8. The van der Waals surface area contributed by atoms with Crippen molar-refractivity contribution in [3.8, 4) is 5.75 Å². The first-order valence-electron chi connectivity index (χ1n) is 8.29. The van der Waals surface area contributed by atoms with Gasteiger partial charge in [0.05, 0.1) is 23.8 Å². The molecule has 0 atom stereocenters. The number of benzene rings is 2. The molecular formula is C20H18N2O5. The lowest BCUT2D eigenvalue weighted by atomic mass is 10.2. The second kappa shape index (κ2) is 8.18. The zero-order valence-corrected chi connectivity index (χ0v) is 14.7. The summed E-state index contributed by atoms with van der Waals surface area (Å²) in [7, 11) is 0. The van der Waals surface area contributed by atoms with Crippen LogP contribution >= 0.6 is 0 Å². The number of nitrogens with zero attached hydrogens (tertiary/aromatic N) is 2. The van der Waals surface area contributed by atoms with E-state index in [1.54, 1.807) is 29.4 Å². The number of hydrogen-bond donors (Lipinski definition) is 0. The van der Waals surface area contributed by atoms with Gasteiger partial charge in [0.25, 0.3) is 11.6 Å². The molecule has 1 aromatic heterocycles. The smallest absolute Gasteiger partial charge is 0.273 e. The molecule has 0 fully saturated rings. The van der Waals surface area contributed by atoms with Crippen molar-refractivity contribution in [3.63, 3.8) is 0 Å². The summed E-state index contributed by atoms with van der Waals surface area (Å²) in [5, 5.41) is 10.9. The van der Waals surface area contributed by atoms with Crippen LogP contribution < -0.4 is 9.64 Å². The lowest BCUT2D eigenvalue weighted by molar-refractivity contribution is -0.384. The van der Waals surface area contributed by atoms with Gasteiger partial charge in [0.2, 0.25) is 0 Å². The molecule has 3 aromatic rings. The van der Waals surface area contributed by atoms with E-state index in [2.05, 4.69) is 0 Å². The summed E-state index contributed by atoms with van der Waals surface area (Å²) in [4.78, 5) is 24.7. The molecule has 0 radical (unpaired) electrons. The van der Waals surface area contributed by atoms with Crippen LogP contribution in [0.4, 0.5) is 11.4 Å². The summed E-state index contributed by atoms with van der Waals surface area (Å²) in [6, 6.07) is 16.8. The molecule has 0 aliphatic rings. The highest BCUT2D eigenvalue weighted by Crippen LogP contribution is 2.21. The molecule has 1 heterocycles. The predicted octanol–water partition coefficient (Wildman–Crippen LogP) is 4.11. The van der Waals surface area contributed by atoms with Gasteiger partial charge < -0.3 is 14.1 Å². The van der Waals surface area contributed by atoms with Crippen LogP contribution in [-0.4, -0.2) is 17.4 Å². The molecule has 7 heteroatoms. The van der Waals surface area contributed by atoms with Crippen LogP contribution in [0.1, 0.15) is 11.3 Å². The second-order valence-corrected chi connectivity index (χ2v) is 5.94. The van der Waals surface area contributed by atoms with Crippen molar-refractivity contribution < 1.29 is 18.9 Å². The molecule has 1 amide bonds. The summed E-state index contributed by atoms with van der Waals surface area (Å²) in [6.45, 7) is 1.97. The summed E-state index contributed by atoms with van der Waals surface area (Å²) in [6.07, 6.45) is 1.55. The first-order valence-corrected chi connectivity index (χ1v) is 8.29. The van der Waals surface area contributed by atoms with Crippen LogP contribution in [0.15, 0.2) is 71.3 Å². The van der Waals surface area contributed by atoms with Crippen molar-refractivity contribution in [2.75, 3.05) is 11.5 Å². The second-order valence-electron chi connectivity index (χ2n) is 5.94. The third kappa shape index (κ3) is 4.72. The van der Waals surface area contributed by atoms with E-state index in [9.17, 15) is 14.9 Å². The van der Waals surface area contributed by atoms with E-state index < -0.39 is 4.92 Å². The van der Waals surface area contributed by atoms with Gasteiger partial charge in [-0.25, -0.2) is 0 Å². The first kappa shape index (κ1) is 18.2. The zero-order valence-electron chi connectivity index (χ0n) is 14.7.